The molecule has 2 aromatic rings. The summed E-state index contributed by atoms with van der Waals surface area (Å²) in [7, 11) is 0. The number of nitrogens with one attached hydrogen (secondary N) is 1. The van der Waals surface area contributed by atoms with Crippen LogP contribution in [0, 0.1) is 0 Å². The van der Waals surface area contributed by atoms with Gasteiger partial charge in [-0.05, 0) is 18.6 Å². The van der Waals surface area contributed by atoms with Crippen molar-refractivity contribution in [1.82, 2.24) is 10.2 Å². The van der Waals surface area contributed by atoms with Crippen LogP contribution in [0.1, 0.15) is 18.2 Å². The minimum Gasteiger partial charge on any atom is -0.434 e. The summed E-state index contributed by atoms with van der Waals surface area (Å²) in [5.74, 6) is 0.126. The number of aromatic nitrogens is 2. The number of benzene rings is 1. The number of hydrogen-bond acceptors (Lipinski definition) is 2. The van der Waals surface area contributed by atoms with E-state index in [0.717, 1.165) is 17.8 Å². The van der Waals surface area contributed by atoms with Gasteiger partial charge in [0.1, 0.15) is 0 Å². The number of nitrogens with zero attached hydrogens (tertiary/aromatic N) is 1. The zero-order chi connectivity index (χ0) is 14.9. The highest BCUT2D eigenvalue weighted by Crippen LogP contribution is 2.41. The van der Waals surface area contributed by atoms with E-state index in [-0.39, 0.29) is 21.7 Å². The smallest absolute Gasteiger partial charge is 0.416 e. The van der Waals surface area contributed by atoms with Crippen LogP contribution in [-0.2, 0) is 12.6 Å². The van der Waals surface area contributed by atoms with Crippen molar-refractivity contribution in [1.29, 1.82) is 0 Å². The molecule has 0 aliphatic carbocycles. The maximum Gasteiger partial charge on any atom is 0.416 e. The van der Waals surface area contributed by atoms with E-state index >= 15 is 0 Å². The highest BCUT2D eigenvalue weighted by molar-refractivity contribution is 6.37. The van der Waals surface area contributed by atoms with Crippen LogP contribution in [0.3, 0.4) is 0 Å². The van der Waals surface area contributed by atoms with E-state index in [1.54, 1.807) is 6.07 Å². The third-order valence-electron chi connectivity index (χ3n) is 2.52. The molecule has 0 fully saturated rings. The fourth-order valence-electron chi connectivity index (χ4n) is 1.50. The van der Waals surface area contributed by atoms with Crippen LogP contribution in [0.2, 0.25) is 10.0 Å². The zero-order valence-electron chi connectivity index (χ0n) is 10.2. The lowest BCUT2D eigenvalue weighted by Crippen LogP contribution is -2.05. The Kier molecular flexibility index (Phi) is 4.15. The Balaban J connectivity index is 2.33. The molecule has 3 nitrogen and oxygen atoms in total. The summed E-state index contributed by atoms with van der Waals surface area (Å²) in [5.41, 5.74) is -0.115. The van der Waals surface area contributed by atoms with Crippen molar-refractivity contribution in [3.63, 3.8) is 0 Å². The summed E-state index contributed by atoms with van der Waals surface area (Å²) in [4.78, 5) is 0. The van der Waals surface area contributed by atoms with Crippen LogP contribution < -0.4 is 4.74 Å². The van der Waals surface area contributed by atoms with Crippen molar-refractivity contribution in [3.8, 4) is 11.6 Å². The lowest BCUT2D eigenvalue weighted by atomic mass is 10.2. The molecular formula is C12H9Cl2F3N2O. The molecule has 0 saturated carbocycles. The van der Waals surface area contributed by atoms with Crippen molar-refractivity contribution in [2.75, 3.05) is 0 Å². The topological polar surface area (TPSA) is 37.9 Å². The van der Waals surface area contributed by atoms with Crippen LogP contribution in [-0.4, -0.2) is 10.2 Å². The van der Waals surface area contributed by atoms with E-state index in [2.05, 4.69) is 10.2 Å². The Morgan fingerprint density at radius 3 is 2.25 bits per heavy atom. The number of rotatable bonds is 3. The largest absolute Gasteiger partial charge is 0.434 e. The molecule has 8 heteroatoms. The lowest BCUT2D eigenvalue weighted by Gasteiger charge is -2.11. The fourth-order valence-corrected chi connectivity index (χ4v) is 2.06. The molecule has 0 amide bonds. The molecular weight excluding hydrogens is 316 g/mol. The fraction of sp³-hybridized carbons (Fsp3) is 0.250. The Morgan fingerprint density at radius 2 is 1.80 bits per heavy atom. The Hall–Kier alpha value is -1.40. The molecule has 0 atom stereocenters. The maximum absolute atomic E-state index is 12.6. The normalized spacial score (nSPS) is 11.7. The summed E-state index contributed by atoms with van der Waals surface area (Å²) in [6, 6.07) is 3.14. The predicted molar refractivity (Wildman–Crippen MR) is 69.5 cm³/mol. The molecule has 108 valence electrons. The number of ether oxygens (including phenoxy) is 1. The molecule has 0 spiro atoms. The molecule has 0 unspecified atom stereocenters. The summed E-state index contributed by atoms with van der Waals surface area (Å²) < 4.78 is 43.1. The Bertz CT molecular complexity index is 602. The molecule has 1 N–H and O–H groups in total. The molecule has 0 bridgehead atoms. The Labute approximate surface area is 122 Å². The molecule has 0 aliphatic heterocycles. The van der Waals surface area contributed by atoms with Crippen molar-refractivity contribution in [2.24, 2.45) is 0 Å². The summed E-state index contributed by atoms with van der Waals surface area (Å²) >= 11 is 11.6. The van der Waals surface area contributed by atoms with Gasteiger partial charge in [-0.15, -0.1) is 5.10 Å². The van der Waals surface area contributed by atoms with E-state index in [1.165, 1.54) is 0 Å². The predicted octanol–water partition coefficient (Wildman–Crippen LogP) is 5.09. The minimum absolute atomic E-state index is 0.0597. The number of halogens is 5. The first-order valence-electron chi connectivity index (χ1n) is 5.59. The van der Waals surface area contributed by atoms with Crippen molar-refractivity contribution >= 4 is 23.2 Å². The van der Waals surface area contributed by atoms with Gasteiger partial charge in [-0.2, -0.15) is 13.2 Å². The first-order chi connectivity index (χ1) is 9.31. The highest BCUT2D eigenvalue weighted by atomic mass is 35.5. The molecule has 2 rings (SSSR count). The van der Waals surface area contributed by atoms with Gasteiger partial charge in [0, 0.05) is 11.8 Å². The van der Waals surface area contributed by atoms with Crippen molar-refractivity contribution < 1.29 is 17.9 Å². The first-order valence-corrected chi connectivity index (χ1v) is 6.35. The van der Waals surface area contributed by atoms with Gasteiger partial charge in [0.05, 0.1) is 15.6 Å². The van der Waals surface area contributed by atoms with Crippen LogP contribution in [0.15, 0.2) is 18.2 Å². The number of hydrogen-bond donors (Lipinski definition) is 1. The second-order valence-electron chi connectivity index (χ2n) is 3.95. The zero-order valence-corrected chi connectivity index (χ0v) is 11.7. The van der Waals surface area contributed by atoms with E-state index in [4.69, 9.17) is 27.9 Å². The molecule has 0 radical (unpaired) electrons. The molecule has 1 aromatic carbocycles. The van der Waals surface area contributed by atoms with E-state index in [1.807, 2.05) is 6.92 Å². The third-order valence-corrected chi connectivity index (χ3v) is 3.08. The Morgan fingerprint density at radius 1 is 1.20 bits per heavy atom. The summed E-state index contributed by atoms with van der Waals surface area (Å²) in [6.07, 6.45) is -3.81. The van der Waals surface area contributed by atoms with E-state index in [9.17, 15) is 13.2 Å². The van der Waals surface area contributed by atoms with Gasteiger partial charge < -0.3 is 4.74 Å². The summed E-state index contributed by atoms with van der Waals surface area (Å²) in [5, 5.41) is 6.10. The molecule has 1 aromatic heterocycles. The molecule has 20 heavy (non-hydrogen) atoms. The van der Waals surface area contributed by atoms with Gasteiger partial charge >= 0.3 is 6.18 Å². The van der Waals surface area contributed by atoms with E-state index < -0.39 is 11.7 Å². The number of alkyl halides is 3. The monoisotopic (exact) mass is 324 g/mol. The molecule has 1 heterocycles. The van der Waals surface area contributed by atoms with Gasteiger partial charge in [0.25, 0.3) is 0 Å². The van der Waals surface area contributed by atoms with Crippen LogP contribution >= 0.6 is 23.2 Å². The van der Waals surface area contributed by atoms with Crippen molar-refractivity contribution in [3.05, 3.63) is 39.5 Å². The average molecular weight is 325 g/mol. The number of aromatic amines is 1. The van der Waals surface area contributed by atoms with Gasteiger partial charge in [-0.3, -0.25) is 5.10 Å². The number of H-pyrrole nitrogens is 1. The van der Waals surface area contributed by atoms with Crippen LogP contribution in [0.5, 0.6) is 11.6 Å². The first kappa shape index (κ1) is 15.0. The molecule has 0 saturated heterocycles. The second-order valence-corrected chi connectivity index (χ2v) is 4.77. The van der Waals surface area contributed by atoms with Gasteiger partial charge in [0.2, 0.25) is 5.88 Å². The second kappa shape index (κ2) is 5.54. The highest BCUT2D eigenvalue weighted by Gasteiger charge is 2.32. The maximum atomic E-state index is 12.6. The van der Waals surface area contributed by atoms with Crippen LogP contribution in [0.25, 0.3) is 0 Å². The minimum atomic E-state index is -4.52. The number of aryl methyl sites for hydroxylation is 1. The average Bonchev–Trinajstić information content (AvgIpc) is 2.80. The van der Waals surface area contributed by atoms with Crippen molar-refractivity contribution in [2.45, 2.75) is 19.5 Å². The lowest BCUT2D eigenvalue weighted by molar-refractivity contribution is -0.137. The molecule has 0 aliphatic rings. The quantitative estimate of drug-likeness (QED) is 0.853. The van der Waals surface area contributed by atoms with Gasteiger partial charge in [-0.25, -0.2) is 0 Å². The third kappa shape index (κ3) is 3.19. The van der Waals surface area contributed by atoms with Gasteiger partial charge in [0.15, 0.2) is 5.75 Å². The van der Waals surface area contributed by atoms with E-state index in [0.29, 0.717) is 6.42 Å². The SMILES string of the molecule is CCc1cc(Oc2c(Cl)cc(C(F)(F)F)cc2Cl)n[nH]1. The van der Waals surface area contributed by atoms with Crippen LogP contribution in [0.4, 0.5) is 13.2 Å². The summed E-state index contributed by atoms with van der Waals surface area (Å²) in [6.45, 7) is 1.91. The standard InChI is InChI=1S/C12H9Cl2F3N2O/c1-2-7-5-10(19-18-7)20-11-8(13)3-6(4-9(11)14)12(15,16)17/h3-5H,2H2,1H3,(H,18,19). The van der Waals surface area contributed by atoms with Gasteiger partial charge in [-0.1, -0.05) is 30.1 Å².